The largest absolute Gasteiger partial charge is 0.504 e. The Morgan fingerprint density at radius 2 is 2.06 bits per heavy atom. The smallest absolute Gasteiger partial charge is 0.243 e. The number of hydrogen-bond acceptors (Lipinski definition) is 8. The highest BCUT2D eigenvalue weighted by Crippen LogP contribution is 2.29. The van der Waals surface area contributed by atoms with Gasteiger partial charge >= 0.3 is 0 Å². The fourth-order valence-electron chi connectivity index (χ4n) is 3.40. The van der Waals surface area contributed by atoms with Crippen molar-refractivity contribution in [2.24, 2.45) is 5.10 Å². The van der Waals surface area contributed by atoms with Crippen molar-refractivity contribution in [2.45, 2.75) is 24.7 Å². The Hall–Kier alpha value is -2.95. The van der Waals surface area contributed by atoms with Gasteiger partial charge in [-0.3, -0.25) is 5.43 Å². The van der Waals surface area contributed by atoms with Gasteiger partial charge in [-0.25, -0.2) is 13.4 Å². The Morgan fingerprint density at radius 1 is 1.25 bits per heavy atom. The first-order valence-corrected chi connectivity index (χ1v) is 12.6. The van der Waals surface area contributed by atoms with Crippen LogP contribution in [0.25, 0.3) is 11.3 Å². The second-order valence-electron chi connectivity index (χ2n) is 7.21. The molecule has 0 aliphatic carbocycles. The Morgan fingerprint density at radius 3 is 2.84 bits per heavy atom. The molecule has 0 atom stereocenters. The molecule has 0 amide bonds. The van der Waals surface area contributed by atoms with Crippen molar-refractivity contribution in [3.63, 3.8) is 0 Å². The SMILES string of the molecule is CCOc1cc(/C=N\Nc2nc(-c3cccc(S(=O)(=O)N4CCCC4)c3)cs2)ccc1O. The first-order chi connectivity index (χ1) is 15.5. The molecule has 2 N–H and O–H groups in total. The highest BCUT2D eigenvalue weighted by Gasteiger charge is 2.27. The number of aromatic nitrogens is 1. The summed E-state index contributed by atoms with van der Waals surface area (Å²) in [7, 11) is -3.48. The van der Waals surface area contributed by atoms with E-state index < -0.39 is 10.0 Å². The maximum absolute atomic E-state index is 12.8. The Labute approximate surface area is 191 Å². The number of phenolic OH excluding ortho intramolecular Hbond substituents is 1. The van der Waals surface area contributed by atoms with E-state index in [1.165, 1.54) is 15.6 Å². The van der Waals surface area contributed by atoms with Crippen molar-refractivity contribution in [2.75, 3.05) is 25.1 Å². The summed E-state index contributed by atoms with van der Waals surface area (Å²) in [4.78, 5) is 4.80. The van der Waals surface area contributed by atoms with Gasteiger partial charge in [-0.1, -0.05) is 12.1 Å². The zero-order chi connectivity index (χ0) is 22.6. The summed E-state index contributed by atoms with van der Waals surface area (Å²) in [6, 6.07) is 11.9. The van der Waals surface area contributed by atoms with Crippen LogP contribution in [0.1, 0.15) is 25.3 Å². The number of phenols is 1. The van der Waals surface area contributed by atoms with E-state index in [-0.39, 0.29) is 10.6 Å². The van der Waals surface area contributed by atoms with Gasteiger partial charge in [0.1, 0.15) is 0 Å². The second-order valence-corrected chi connectivity index (χ2v) is 10.0. The van der Waals surface area contributed by atoms with Crippen molar-refractivity contribution in [3.05, 3.63) is 53.4 Å². The molecular weight excluding hydrogens is 448 g/mol. The summed E-state index contributed by atoms with van der Waals surface area (Å²) in [5.41, 5.74) is 5.06. The summed E-state index contributed by atoms with van der Waals surface area (Å²) in [6.07, 6.45) is 3.40. The van der Waals surface area contributed by atoms with E-state index in [1.807, 2.05) is 18.4 Å². The molecule has 0 radical (unpaired) electrons. The normalized spacial score (nSPS) is 14.8. The number of anilines is 1. The quantitative estimate of drug-likeness (QED) is 0.377. The molecule has 168 valence electrons. The van der Waals surface area contributed by atoms with Crippen LogP contribution in [0, 0.1) is 0 Å². The van der Waals surface area contributed by atoms with Crippen LogP contribution in [0.3, 0.4) is 0 Å². The molecule has 1 aliphatic rings. The van der Waals surface area contributed by atoms with Crippen LogP contribution < -0.4 is 10.2 Å². The fourth-order valence-corrected chi connectivity index (χ4v) is 5.63. The monoisotopic (exact) mass is 472 g/mol. The molecule has 0 spiro atoms. The molecule has 8 nitrogen and oxygen atoms in total. The number of sulfonamides is 1. The number of hydrogen-bond donors (Lipinski definition) is 2. The van der Waals surface area contributed by atoms with Gasteiger partial charge in [0.05, 0.1) is 23.4 Å². The van der Waals surface area contributed by atoms with Crippen molar-refractivity contribution >= 4 is 32.7 Å². The summed E-state index contributed by atoms with van der Waals surface area (Å²) in [5, 5.41) is 16.4. The molecule has 10 heteroatoms. The van der Waals surface area contributed by atoms with Crippen LogP contribution in [-0.2, 0) is 10.0 Å². The zero-order valence-corrected chi connectivity index (χ0v) is 19.2. The van der Waals surface area contributed by atoms with Gasteiger partial charge in [-0.05, 0) is 55.7 Å². The lowest BCUT2D eigenvalue weighted by molar-refractivity contribution is 0.318. The minimum absolute atomic E-state index is 0.0792. The van der Waals surface area contributed by atoms with E-state index in [2.05, 4.69) is 15.5 Å². The van der Waals surface area contributed by atoms with Crippen LogP contribution in [0.15, 0.2) is 57.8 Å². The standard InChI is InChI=1S/C22H24N4O4S2/c1-2-30-21-12-16(8-9-20(21)27)14-23-25-22-24-19(15-31-22)17-6-5-7-18(13-17)32(28,29)26-10-3-4-11-26/h5-9,12-15,27H,2-4,10-11H2,1H3,(H,24,25)/b23-14-. The second kappa shape index (κ2) is 9.68. The molecule has 2 heterocycles. The highest BCUT2D eigenvalue weighted by molar-refractivity contribution is 7.89. The Kier molecular flexibility index (Phi) is 6.73. The molecule has 1 aromatic heterocycles. The molecule has 0 bridgehead atoms. The molecule has 4 rings (SSSR count). The molecule has 0 unspecified atom stereocenters. The zero-order valence-electron chi connectivity index (χ0n) is 17.6. The lowest BCUT2D eigenvalue weighted by atomic mass is 10.2. The van der Waals surface area contributed by atoms with Gasteiger partial charge < -0.3 is 9.84 Å². The van der Waals surface area contributed by atoms with Crippen LogP contribution in [0.2, 0.25) is 0 Å². The molecule has 1 saturated heterocycles. The number of rotatable bonds is 8. The lowest BCUT2D eigenvalue weighted by Crippen LogP contribution is -2.27. The minimum Gasteiger partial charge on any atom is -0.504 e. The molecule has 1 fully saturated rings. The van der Waals surface area contributed by atoms with Gasteiger partial charge in [-0.15, -0.1) is 11.3 Å². The van der Waals surface area contributed by atoms with E-state index in [0.717, 1.165) is 24.0 Å². The van der Waals surface area contributed by atoms with Crippen LogP contribution in [0.5, 0.6) is 11.5 Å². The van der Waals surface area contributed by atoms with Crippen LogP contribution in [-0.4, -0.2) is 48.7 Å². The molecule has 3 aromatic rings. The third-order valence-electron chi connectivity index (χ3n) is 4.99. The minimum atomic E-state index is -3.48. The number of hydrazone groups is 1. The van der Waals surface area contributed by atoms with Crippen molar-refractivity contribution in [1.82, 2.24) is 9.29 Å². The van der Waals surface area contributed by atoms with E-state index in [9.17, 15) is 13.5 Å². The number of ether oxygens (including phenoxy) is 1. The summed E-state index contributed by atoms with van der Waals surface area (Å²) < 4.78 is 32.6. The Balaban J connectivity index is 1.46. The van der Waals surface area contributed by atoms with Gasteiger partial charge in [0.25, 0.3) is 0 Å². The third kappa shape index (κ3) is 4.93. The van der Waals surface area contributed by atoms with E-state index in [4.69, 9.17) is 4.74 Å². The van der Waals surface area contributed by atoms with Gasteiger partial charge in [0.2, 0.25) is 15.2 Å². The van der Waals surface area contributed by atoms with Crippen molar-refractivity contribution < 1.29 is 18.3 Å². The predicted molar refractivity (Wildman–Crippen MR) is 126 cm³/mol. The average molecular weight is 473 g/mol. The average Bonchev–Trinajstić information content (AvgIpc) is 3.49. The predicted octanol–water partition coefficient (Wildman–Crippen LogP) is 4.14. The number of nitrogens with one attached hydrogen (secondary N) is 1. The molecule has 1 aliphatic heterocycles. The van der Waals surface area contributed by atoms with Crippen LogP contribution in [0.4, 0.5) is 5.13 Å². The summed E-state index contributed by atoms with van der Waals surface area (Å²) in [6.45, 7) is 3.44. The maximum Gasteiger partial charge on any atom is 0.243 e. The molecular formula is C22H24N4O4S2. The molecule has 32 heavy (non-hydrogen) atoms. The number of aromatic hydroxyl groups is 1. The number of thiazole rings is 1. The topological polar surface area (TPSA) is 104 Å². The van der Waals surface area contributed by atoms with Gasteiger partial charge in [-0.2, -0.15) is 9.41 Å². The lowest BCUT2D eigenvalue weighted by Gasteiger charge is -2.15. The summed E-state index contributed by atoms with van der Waals surface area (Å²) in [5.74, 6) is 0.479. The Bertz CT molecular complexity index is 1220. The van der Waals surface area contributed by atoms with E-state index >= 15 is 0 Å². The maximum atomic E-state index is 12.8. The first-order valence-electron chi connectivity index (χ1n) is 10.3. The van der Waals surface area contributed by atoms with Gasteiger partial charge in [0, 0.05) is 24.0 Å². The molecule has 0 saturated carbocycles. The first kappa shape index (κ1) is 22.3. The van der Waals surface area contributed by atoms with Gasteiger partial charge in [0.15, 0.2) is 11.5 Å². The fraction of sp³-hybridized carbons (Fsp3) is 0.273. The highest BCUT2D eigenvalue weighted by atomic mass is 32.2. The summed E-state index contributed by atoms with van der Waals surface area (Å²) >= 11 is 1.37. The number of nitrogens with zero attached hydrogens (tertiary/aromatic N) is 3. The number of benzene rings is 2. The third-order valence-corrected chi connectivity index (χ3v) is 7.64. The van der Waals surface area contributed by atoms with E-state index in [1.54, 1.807) is 42.6 Å². The van der Waals surface area contributed by atoms with Crippen LogP contribution >= 0.6 is 11.3 Å². The van der Waals surface area contributed by atoms with Crippen molar-refractivity contribution in [1.29, 1.82) is 0 Å². The van der Waals surface area contributed by atoms with Crippen molar-refractivity contribution in [3.8, 4) is 22.8 Å². The van der Waals surface area contributed by atoms with E-state index in [0.29, 0.717) is 36.3 Å². The molecule has 2 aromatic carbocycles.